The summed E-state index contributed by atoms with van der Waals surface area (Å²) in [4.78, 5) is 0. The summed E-state index contributed by atoms with van der Waals surface area (Å²) in [6, 6.07) is 52.6. The first-order valence-corrected chi connectivity index (χ1v) is 29.5. The van der Waals surface area contributed by atoms with E-state index in [-0.39, 0.29) is 50.8 Å². The van der Waals surface area contributed by atoms with Crippen LogP contribution in [0.3, 0.4) is 0 Å². The molecule has 5 aromatic carbocycles. The summed E-state index contributed by atoms with van der Waals surface area (Å²) in [7, 11) is 0.687. The van der Waals surface area contributed by atoms with Gasteiger partial charge in [-0.05, 0) is 102 Å². The average molecular weight is 875 g/mol. The summed E-state index contributed by atoms with van der Waals surface area (Å²) in [5, 5.41) is 10.7. The lowest BCUT2D eigenvalue weighted by Gasteiger charge is -2.19. The van der Waals surface area contributed by atoms with Gasteiger partial charge < -0.3 is 16.0 Å². The molecule has 0 unspecified atom stereocenters. The minimum Gasteiger partial charge on any atom is -0.313 e. The first-order valence-electron chi connectivity index (χ1n) is 22.3. The maximum absolute atomic E-state index is 3.74. The SMILES string of the molecule is C.C.C.C=Cc1ccc(CNCCC[SiH2]C)cc1.C=Cc1ccccc1.C[SiH2]CCCNCc1ccc(CC(Cc2ccc(CNCCC[SiH2]C)cc2)c2ccccc2)cc1. The van der Waals surface area contributed by atoms with E-state index >= 15 is 0 Å². The Morgan fingerprint density at radius 3 is 1.07 bits per heavy atom. The van der Waals surface area contributed by atoms with Gasteiger partial charge in [0.2, 0.25) is 0 Å². The van der Waals surface area contributed by atoms with Crippen molar-refractivity contribution in [3.8, 4) is 0 Å². The van der Waals surface area contributed by atoms with Crippen LogP contribution in [0.15, 0.2) is 147 Å². The Labute approximate surface area is 383 Å². The van der Waals surface area contributed by atoms with E-state index in [1.807, 2.05) is 42.5 Å². The van der Waals surface area contributed by atoms with Gasteiger partial charge in [0, 0.05) is 48.2 Å². The number of rotatable bonds is 25. The first-order chi connectivity index (χ1) is 28.6. The molecular weight excluding hydrogens is 787 g/mol. The largest absolute Gasteiger partial charge is 0.313 e. The van der Waals surface area contributed by atoms with Gasteiger partial charge in [0.25, 0.3) is 0 Å². The minimum absolute atomic E-state index is 0. The normalized spacial score (nSPS) is 11.1. The quantitative estimate of drug-likeness (QED) is 0.0404. The van der Waals surface area contributed by atoms with Crippen molar-refractivity contribution in [3.63, 3.8) is 0 Å². The molecule has 0 aliphatic carbocycles. The van der Waals surface area contributed by atoms with E-state index in [0.717, 1.165) is 52.1 Å². The second-order valence-electron chi connectivity index (χ2n) is 15.4. The molecule has 0 heterocycles. The zero-order valence-electron chi connectivity index (χ0n) is 36.4. The van der Waals surface area contributed by atoms with Gasteiger partial charge in [-0.1, -0.05) is 219 Å². The second kappa shape index (κ2) is 37.8. The van der Waals surface area contributed by atoms with Crippen LogP contribution in [-0.4, -0.2) is 48.2 Å². The van der Waals surface area contributed by atoms with E-state index < -0.39 is 0 Å². The standard InChI is InChI=1S/C31H46N2Si2.C13H21NSi.C8H8.3CH4/c1-34-20-6-18-32-24-28-14-10-26(11-15-28)22-31(30-8-4-3-5-9-30)23-27-12-16-29(17-13-27)25-33-19-7-21-35-2;1-3-12-5-7-13(8-6-12)11-14-9-4-10-15-2;1-2-8-6-4-3-5-7-8;;;/h3-5,8-17,31-33H,6-7,18-25,34-35H2,1-2H3;3,5-8,14H,1,4,9-11,15H2,2H3;2-7H,1H2;3*1H4. The maximum atomic E-state index is 3.74. The van der Waals surface area contributed by atoms with Gasteiger partial charge in [-0.2, -0.15) is 0 Å². The Morgan fingerprint density at radius 2 is 0.738 bits per heavy atom. The zero-order valence-corrected chi connectivity index (χ0v) is 40.6. The van der Waals surface area contributed by atoms with E-state index in [0.29, 0.717) is 5.92 Å². The van der Waals surface area contributed by atoms with Crippen molar-refractivity contribution >= 4 is 40.7 Å². The van der Waals surface area contributed by atoms with Crippen LogP contribution in [0.1, 0.15) is 92.0 Å². The summed E-state index contributed by atoms with van der Waals surface area (Å²) < 4.78 is 0. The van der Waals surface area contributed by atoms with Crippen molar-refractivity contribution < 1.29 is 0 Å². The van der Waals surface area contributed by atoms with Gasteiger partial charge in [-0.3, -0.25) is 0 Å². The summed E-state index contributed by atoms with van der Waals surface area (Å²) >= 11 is 0. The van der Waals surface area contributed by atoms with E-state index in [9.17, 15) is 0 Å². The molecule has 6 heteroatoms. The third-order valence-corrected chi connectivity index (χ3v) is 14.0. The van der Waals surface area contributed by atoms with Gasteiger partial charge in [-0.15, -0.1) is 0 Å². The van der Waals surface area contributed by atoms with Crippen molar-refractivity contribution in [2.75, 3.05) is 19.6 Å². The molecule has 0 saturated heterocycles. The number of benzene rings is 5. The van der Waals surface area contributed by atoms with E-state index in [1.54, 1.807) is 0 Å². The predicted octanol–water partition coefficient (Wildman–Crippen LogP) is 12.2. The lowest BCUT2D eigenvalue weighted by Crippen LogP contribution is -2.15. The van der Waals surface area contributed by atoms with Crippen LogP contribution in [0.5, 0.6) is 0 Å². The lowest BCUT2D eigenvalue weighted by molar-refractivity contribution is 0.668. The van der Waals surface area contributed by atoms with Gasteiger partial charge in [-0.25, -0.2) is 0 Å². The van der Waals surface area contributed by atoms with Crippen LogP contribution >= 0.6 is 0 Å². The van der Waals surface area contributed by atoms with Gasteiger partial charge in [0.15, 0.2) is 0 Å². The second-order valence-corrected chi connectivity index (χ2v) is 20.5. The van der Waals surface area contributed by atoms with Crippen molar-refractivity contribution in [1.82, 2.24) is 16.0 Å². The summed E-state index contributed by atoms with van der Waals surface area (Å²) in [5.74, 6) is 0.487. The van der Waals surface area contributed by atoms with Gasteiger partial charge in [0.05, 0.1) is 0 Å². The van der Waals surface area contributed by atoms with Crippen molar-refractivity contribution in [2.24, 2.45) is 0 Å². The summed E-state index contributed by atoms with van der Waals surface area (Å²) in [6.07, 6.45) is 9.86. The van der Waals surface area contributed by atoms with Crippen molar-refractivity contribution in [1.29, 1.82) is 0 Å². The van der Waals surface area contributed by atoms with Crippen LogP contribution in [0.2, 0.25) is 37.8 Å². The fourth-order valence-electron chi connectivity index (χ4n) is 6.75. The predicted molar refractivity (Wildman–Crippen MR) is 289 cm³/mol. The molecule has 0 atom stereocenters. The first kappa shape index (κ1) is 57.1. The Morgan fingerprint density at radius 1 is 0.426 bits per heavy atom. The molecule has 0 aromatic heterocycles. The van der Waals surface area contributed by atoms with Crippen LogP contribution in [0.25, 0.3) is 12.2 Å². The van der Waals surface area contributed by atoms with Crippen LogP contribution in [0, 0.1) is 0 Å². The summed E-state index contributed by atoms with van der Waals surface area (Å²) in [5.41, 5.74) is 10.8. The van der Waals surface area contributed by atoms with Crippen LogP contribution in [-0.2, 0) is 32.5 Å². The summed E-state index contributed by atoms with van der Waals surface area (Å²) in [6.45, 7) is 20.9. The Balaban J connectivity index is 0.00000114. The van der Waals surface area contributed by atoms with Gasteiger partial charge >= 0.3 is 0 Å². The molecule has 0 fully saturated rings. The maximum Gasteiger partial charge on any atom is 0.0205 e. The zero-order chi connectivity index (χ0) is 41.3. The van der Waals surface area contributed by atoms with Crippen LogP contribution in [0.4, 0.5) is 0 Å². The van der Waals surface area contributed by atoms with E-state index in [4.69, 9.17) is 0 Å². The minimum atomic E-state index is 0. The number of hydrogen-bond donors (Lipinski definition) is 3. The molecule has 0 radical (unpaired) electrons. The molecule has 0 saturated carbocycles. The molecule has 3 N–H and O–H groups in total. The number of nitrogens with one attached hydrogen (secondary N) is 3. The molecule has 0 spiro atoms. The average Bonchev–Trinajstić information content (AvgIpc) is 3.28. The Hall–Kier alpha value is -3.89. The molecule has 334 valence electrons. The highest BCUT2D eigenvalue weighted by Gasteiger charge is 2.14. The fourth-order valence-corrected chi connectivity index (χ4v) is 9.00. The topological polar surface area (TPSA) is 36.1 Å². The highest BCUT2D eigenvalue weighted by atomic mass is 28.2. The van der Waals surface area contributed by atoms with Crippen molar-refractivity contribution in [3.05, 3.63) is 191 Å². The highest BCUT2D eigenvalue weighted by Crippen LogP contribution is 2.26. The molecule has 0 amide bonds. The van der Waals surface area contributed by atoms with E-state index in [2.05, 4.69) is 152 Å². The highest BCUT2D eigenvalue weighted by molar-refractivity contribution is 6.33. The molecule has 3 nitrogen and oxygen atoms in total. The molecule has 61 heavy (non-hydrogen) atoms. The van der Waals surface area contributed by atoms with Crippen LogP contribution < -0.4 is 16.0 Å². The monoisotopic (exact) mass is 874 g/mol. The third kappa shape index (κ3) is 26.3. The molecule has 0 aliphatic rings. The fraction of sp³-hybridized carbons (Fsp3) is 0.382. The molecule has 5 rings (SSSR count). The Kier molecular flexibility index (Phi) is 35.4. The van der Waals surface area contributed by atoms with Crippen molar-refractivity contribution in [2.45, 2.75) is 118 Å². The lowest BCUT2D eigenvalue weighted by atomic mass is 9.86. The van der Waals surface area contributed by atoms with E-state index in [1.165, 1.54) is 81.9 Å². The number of hydrogen-bond acceptors (Lipinski definition) is 3. The smallest absolute Gasteiger partial charge is 0.0205 e. The third-order valence-electron chi connectivity index (χ3n) is 10.4. The Bertz CT molecular complexity index is 1670. The molecule has 0 aliphatic heterocycles. The molecule has 0 bridgehead atoms. The molecular formula is C55H87N3Si3. The van der Waals surface area contributed by atoms with Gasteiger partial charge in [0.1, 0.15) is 0 Å². The molecule has 5 aromatic rings.